The maximum Gasteiger partial charge on any atom is 0.0917 e. The molecule has 1 aromatic rings. The number of hydrogen-bond donors (Lipinski definition) is 1. The standard InChI is InChI=1S/C15H25NO2/c1-5-16(6-7-18-4)11-15(17)14-9-12(2)8-13(3)10-14/h8-10,15,17H,5-7,11H2,1-4H3. The minimum Gasteiger partial charge on any atom is -0.387 e. The molecule has 0 amide bonds. The SMILES string of the molecule is CCN(CCOC)CC(O)c1cc(C)cc(C)c1. The highest BCUT2D eigenvalue weighted by Crippen LogP contribution is 2.18. The van der Waals surface area contributed by atoms with E-state index in [4.69, 9.17) is 4.74 Å². The van der Waals surface area contributed by atoms with E-state index in [0.29, 0.717) is 13.2 Å². The second-order valence-corrected chi connectivity index (χ2v) is 4.82. The predicted molar refractivity (Wildman–Crippen MR) is 74.9 cm³/mol. The maximum atomic E-state index is 10.3. The molecule has 0 saturated heterocycles. The molecule has 0 aliphatic heterocycles. The van der Waals surface area contributed by atoms with Crippen LogP contribution in [0.4, 0.5) is 0 Å². The number of ether oxygens (including phenoxy) is 1. The zero-order chi connectivity index (χ0) is 13.5. The molecule has 0 spiro atoms. The summed E-state index contributed by atoms with van der Waals surface area (Å²) in [4.78, 5) is 2.20. The van der Waals surface area contributed by atoms with Crippen LogP contribution >= 0.6 is 0 Å². The normalized spacial score (nSPS) is 13.0. The Morgan fingerprint density at radius 2 is 1.83 bits per heavy atom. The number of aliphatic hydroxyl groups is 1. The molecule has 1 rings (SSSR count). The van der Waals surface area contributed by atoms with E-state index in [1.54, 1.807) is 7.11 Å². The van der Waals surface area contributed by atoms with Crippen LogP contribution in [-0.4, -0.2) is 43.4 Å². The van der Waals surface area contributed by atoms with Gasteiger partial charge in [-0.25, -0.2) is 0 Å². The molecule has 3 nitrogen and oxygen atoms in total. The fraction of sp³-hybridized carbons (Fsp3) is 0.600. The summed E-state index contributed by atoms with van der Waals surface area (Å²) >= 11 is 0. The molecule has 0 bridgehead atoms. The molecule has 0 aliphatic rings. The largest absolute Gasteiger partial charge is 0.387 e. The molecule has 0 fully saturated rings. The van der Waals surface area contributed by atoms with Crippen molar-refractivity contribution in [2.75, 3.05) is 33.4 Å². The number of aliphatic hydroxyl groups excluding tert-OH is 1. The molecule has 1 aromatic carbocycles. The Hall–Kier alpha value is -0.900. The van der Waals surface area contributed by atoms with Gasteiger partial charge in [-0.05, 0) is 26.0 Å². The molecule has 0 heterocycles. The lowest BCUT2D eigenvalue weighted by molar-refractivity contribution is 0.0920. The zero-order valence-electron chi connectivity index (χ0n) is 11.9. The average molecular weight is 251 g/mol. The highest BCUT2D eigenvalue weighted by molar-refractivity contribution is 5.30. The van der Waals surface area contributed by atoms with Gasteiger partial charge < -0.3 is 9.84 Å². The molecular formula is C15H25NO2. The highest BCUT2D eigenvalue weighted by Gasteiger charge is 2.12. The maximum absolute atomic E-state index is 10.3. The van der Waals surface area contributed by atoms with Crippen molar-refractivity contribution in [2.24, 2.45) is 0 Å². The van der Waals surface area contributed by atoms with E-state index in [2.05, 4.69) is 43.9 Å². The van der Waals surface area contributed by atoms with Gasteiger partial charge in [-0.15, -0.1) is 0 Å². The van der Waals surface area contributed by atoms with Gasteiger partial charge in [0.2, 0.25) is 0 Å². The Morgan fingerprint density at radius 3 is 2.33 bits per heavy atom. The summed E-state index contributed by atoms with van der Waals surface area (Å²) < 4.78 is 5.08. The molecule has 1 N–H and O–H groups in total. The number of likely N-dealkylation sites (N-methyl/N-ethyl adjacent to an activating group) is 1. The van der Waals surface area contributed by atoms with Gasteiger partial charge in [-0.2, -0.15) is 0 Å². The Kier molecular flexibility index (Phi) is 6.33. The van der Waals surface area contributed by atoms with Crippen LogP contribution in [0.2, 0.25) is 0 Å². The third-order valence-electron chi connectivity index (χ3n) is 3.12. The van der Waals surface area contributed by atoms with Crippen molar-refractivity contribution in [1.82, 2.24) is 4.90 Å². The van der Waals surface area contributed by atoms with Gasteiger partial charge >= 0.3 is 0 Å². The summed E-state index contributed by atoms with van der Waals surface area (Å²) in [6, 6.07) is 6.24. The molecule has 18 heavy (non-hydrogen) atoms. The van der Waals surface area contributed by atoms with Crippen molar-refractivity contribution >= 4 is 0 Å². The fourth-order valence-corrected chi connectivity index (χ4v) is 2.15. The number of rotatable bonds is 7. The third-order valence-corrected chi connectivity index (χ3v) is 3.12. The summed E-state index contributed by atoms with van der Waals surface area (Å²) in [6.45, 7) is 9.36. The first-order valence-corrected chi connectivity index (χ1v) is 6.54. The first kappa shape index (κ1) is 15.2. The zero-order valence-corrected chi connectivity index (χ0v) is 11.9. The Balaban J connectivity index is 2.65. The van der Waals surface area contributed by atoms with Crippen LogP contribution in [-0.2, 0) is 4.74 Å². The van der Waals surface area contributed by atoms with Crippen LogP contribution in [0.15, 0.2) is 18.2 Å². The van der Waals surface area contributed by atoms with Crippen LogP contribution in [0.5, 0.6) is 0 Å². The lowest BCUT2D eigenvalue weighted by Gasteiger charge is -2.23. The second-order valence-electron chi connectivity index (χ2n) is 4.82. The van der Waals surface area contributed by atoms with Crippen LogP contribution < -0.4 is 0 Å². The summed E-state index contributed by atoms with van der Waals surface area (Å²) in [5.74, 6) is 0. The summed E-state index contributed by atoms with van der Waals surface area (Å²) in [6.07, 6.45) is -0.430. The van der Waals surface area contributed by atoms with Gasteiger partial charge in [0.05, 0.1) is 12.7 Å². The average Bonchev–Trinajstić information content (AvgIpc) is 2.32. The minimum absolute atomic E-state index is 0.430. The quantitative estimate of drug-likeness (QED) is 0.807. The predicted octanol–water partition coefficient (Wildman–Crippen LogP) is 2.31. The number of nitrogens with zero attached hydrogens (tertiary/aromatic N) is 1. The summed E-state index contributed by atoms with van der Waals surface area (Å²) in [5.41, 5.74) is 3.40. The number of benzene rings is 1. The van der Waals surface area contributed by atoms with Crippen molar-refractivity contribution < 1.29 is 9.84 Å². The smallest absolute Gasteiger partial charge is 0.0917 e. The molecule has 1 unspecified atom stereocenters. The van der Waals surface area contributed by atoms with E-state index in [0.717, 1.165) is 18.7 Å². The van der Waals surface area contributed by atoms with Crippen LogP contribution in [0, 0.1) is 13.8 Å². The van der Waals surface area contributed by atoms with Gasteiger partial charge in [0.15, 0.2) is 0 Å². The van der Waals surface area contributed by atoms with E-state index in [-0.39, 0.29) is 0 Å². The van der Waals surface area contributed by atoms with Crippen LogP contribution in [0.25, 0.3) is 0 Å². The van der Waals surface area contributed by atoms with Crippen molar-refractivity contribution in [1.29, 1.82) is 0 Å². The lowest BCUT2D eigenvalue weighted by atomic mass is 10.0. The van der Waals surface area contributed by atoms with Gasteiger partial charge in [0.25, 0.3) is 0 Å². The Morgan fingerprint density at radius 1 is 1.22 bits per heavy atom. The molecule has 102 valence electrons. The summed E-state index contributed by atoms with van der Waals surface area (Å²) in [7, 11) is 1.70. The van der Waals surface area contributed by atoms with E-state index < -0.39 is 6.10 Å². The summed E-state index contributed by atoms with van der Waals surface area (Å²) in [5, 5.41) is 10.3. The molecule has 0 aliphatic carbocycles. The van der Waals surface area contributed by atoms with Crippen LogP contribution in [0.1, 0.15) is 29.7 Å². The topological polar surface area (TPSA) is 32.7 Å². The first-order valence-electron chi connectivity index (χ1n) is 6.54. The van der Waals surface area contributed by atoms with Crippen molar-refractivity contribution in [2.45, 2.75) is 26.9 Å². The number of methoxy groups -OCH3 is 1. The molecule has 0 aromatic heterocycles. The van der Waals surface area contributed by atoms with Gasteiger partial charge in [-0.3, -0.25) is 4.90 Å². The number of hydrogen-bond acceptors (Lipinski definition) is 3. The molecule has 1 atom stereocenters. The Labute approximate surface area is 110 Å². The van der Waals surface area contributed by atoms with Crippen molar-refractivity contribution in [3.8, 4) is 0 Å². The van der Waals surface area contributed by atoms with E-state index in [1.807, 2.05) is 0 Å². The van der Waals surface area contributed by atoms with Crippen molar-refractivity contribution in [3.63, 3.8) is 0 Å². The molecule has 3 heteroatoms. The molecular weight excluding hydrogens is 226 g/mol. The second kappa shape index (κ2) is 7.52. The van der Waals surface area contributed by atoms with E-state index >= 15 is 0 Å². The lowest BCUT2D eigenvalue weighted by Crippen LogP contribution is -2.31. The number of aryl methyl sites for hydroxylation is 2. The van der Waals surface area contributed by atoms with Crippen LogP contribution in [0.3, 0.4) is 0 Å². The third kappa shape index (κ3) is 4.77. The highest BCUT2D eigenvalue weighted by atomic mass is 16.5. The van der Waals surface area contributed by atoms with Gasteiger partial charge in [0, 0.05) is 20.2 Å². The van der Waals surface area contributed by atoms with Crippen molar-refractivity contribution in [3.05, 3.63) is 34.9 Å². The molecule has 0 radical (unpaired) electrons. The fourth-order valence-electron chi connectivity index (χ4n) is 2.15. The Bertz CT molecular complexity index is 345. The van der Waals surface area contributed by atoms with E-state index in [1.165, 1.54) is 11.1 Å². The van der Waals surface area contributed by atoms with Gasteiger partial charge in [0.1, 0.15) is 0 Å². The van der Waals surface area contributed by atoms with E-state index in [9.17, 15) is 5.11 Å². The minimum atomic E-state index is -0.430. The first-order chi connectivity index (χ1) is 8.56. The monoisotopic (exact) mass is 251 g/mol. The molecule has 0 saturated carbocycles. The van der Waals surface area contributed by atoms with Gasteiger partial charge in [-0.1, -0.05) is 36.2 Å².